The van der Waals surface area contributed by atoms with E-state index in [1.807, 2.05) is 7.05 Å². The molecule has 0 rings (SSSR count). The fraction of sp³-hybridized carbons (Fsp3) is 1.00. The Kier molecular flexibility index (Phi) is 7.51. The SMILES string of the molecule is CCCN(CC)C(CC)CNC. The predicted molar refractivity (Wildman–Crippen MR) is 55.5 cm³/mol. The van der Waals surface area contributed by atoms with E-state index in [0.29, 0.717) is 0 Å². The Labute approximate surface area is 77.3 Å². The summed E-state index contributed by atoms with van der Waals surface area (Å²) in [6.45, 7) is 10.3. The molecule has 0 aliphatic carbocycles. The second-order valence-corrected chi connectivity index (χ2v) is 3.25. The van der Waals surface area contributed by atoms with Gasteiger partial charge in [-0.1, -0.05) is 20.8 Å². The van der Waals surface area contributed by atoms with E-state index in [9.17, 15) is 0 Å². The van der Waals surface area contributed by atoms with Gasteiger partial charge in [-0.05, 0) is 33.0 Å². The van der Waals surface area contributed by atoms with Gasteiger partial charge in [-0.15, -0.1) is 0 Å². The largest absolute Gasteiger partial charge is 0.318 e. The van der Waals surface area contributed by atoms with Crippen LogP contribution in [0.5, 0.6) is 0 Å². The molecule has 1 unspecified atom stereocenters. The Balaban J connectivity index is 3.84. The monoisotopic (exact) mass is 172 g/mol. The van der Waals surface area contributed by atoms with Crippen LogP contribution in [0.25, 0.3) is 0 Å². The van der Waals surface area contributed by atoms with Gasteiger partial charge in [0.15, 0.2) is 0 Å². The van der Waals surface area contributed by atoms with E-state index in [1.54, 1.807) is 0 Å². The van der Waals surface area contributed by atoms with Gasteiger partial charge in [0, 0.05) is 12.6 Å². The molecule has 0 bridgehead atoms. The van der Waals surface area contributed by atoms with Gasteiger partial charge in [0.1, 0.15) is 0 Å². The summed E-state index contributed by atoms with van der Waals surface area (Å²) in [6.07, 6.45) is 2.50. The highest BCUT2D eigenvalue weighted by Crippen LogP contribution is 2.03. The molecule has 0 aromatic carbocycles. The van der Waals surface area contributed by atoms with E-state index >= 15 is 0 Å². The third-order valence-electron chi connectivity index (χ3n) is 2.34. The zero-order valence-corrected chi connectivity index (χ0v) is 9.06. The van der Waals surface area contributed by atoms with Crippen molar-refractivity contribution in [2.24, 2.45) is 0 Å². The molecule has 0 aromatic heterocycles. The standard InChI is InChI=1S/C10H24N2/c1-5-8-12(7-3)10(6-2)9-11-4/h10-11H,5-9H2,1-4H3. The molecule has 0 heterocycles. The summed E-state index contributed by atoms with van der Waals surface area (Å²) >= 11 is 0. The van der Waals surface area contributed by atoms with Gasteiger partial charge >= 0.3 is 0 Å². The highest BCUT2D eigenvalue weighted by atomic mass is 15.2. The molecule has 0 aliphatic heterocycles. The van der Waals surface area contributed by atoms with Crippen LogP contribution in [0, 0.1) is 0 Å². The maximum atomic E-state index is 3.25. The quantitative estimate of drug-likeness (QED) is 0.629. The molecule has 0 radical (unpaired) electrons. The van der Waals surface area contributed by atoms with E-state index in [-0.39, 0.29) is 0 Å². The van der Waals surface area contributed by atoms with Crippen LogP contribution in [0.15, 0.2) is 0 Å². The van der Waals surface area contributed by atoms with Crippen LogP contribution in [0.1, 0.15) is 33.6 Å². The van der Waals surface area contributed by atoms with Crippen molar-refractivity contribution >= 4 is 0 Å². The van der Waals surface area contributed by atoms with Crippen LogP contribution >= 0.6 is 0 Å². The highest BCUT2D eigenvalue weighted by Gasteiger charge is 2.12. The summed E-state index contributed by atoms with van der Waals surface area (Å²) in [4.78, 5) is 2.55. The van der Waals surface area contributed by atoms with Crippen molar-refractivity contribution in [2.75, 3.05) is 26.7 Å². The summed E-state index contributed by atoms with van der Waals surface area (Å²) in [5.74, 6) is 0. The van der Waals surface area contributed by atoms with Gasteiger partial charge in [-0.3, -0.25) is 4.90 Å². The third kappa shape index (κ3) is 4.07. The highest BCUT2D eigenvalue weighted by molar-refractivity contribution is 4.70. The molecule has 12 heavy (non-hydrogen) atoms. The van der Waals surface area contributed by atoms with Crippen LogP contribution < -0.4 is 5.32 Å². The zero-order valence-electron chi connectivity index (χ0n) is 9.06. The Morgan fingerprint density at radius 2 is 1.92 bits per heavy atom. The molecule has 74 valence electrons. The van der Waals surface area contributed by atoms with Gasteiger partial charge in [-0.2, -0.15) is 0 Å². The molecule has 1 N–H and O–H groups in total. The molecule has 0 amide bonds. The van der Waals surface area contributed by atoms with Crippen LogP contribution in [0.2, 0.25) is 0 Å². The lowest BCUT2D eigenvalue weighted by Crippen LogP contribution is -2.41. The zero-order chi connectivity index (χ0) is 9.40. The summed E-state index contributed by atoms with van der Waals surface area (Å²) in [7, 11) is 2.03. The molecular formula is C10H24N2. The normalized spacial score (nSPS) is 13.8. The van der Waals surface area contributed by atoms with Gasteiger partial charge in [0.25, 0.3) is 0 Å². The van der Waals surface area contributed by atoms with Gasteiger partial charge in [0.2, 0.25) is 0 Å². The van der Waals surface area contributed by atoms with E-state index < -0.39 is 0 Å². The molecule has 0 fully saturated rings. The summed E-state index contributed by atoms with van der Waals surface area (Å²) in [5.41, 5.74) is 0. The van der Waals surface area contributed by atoms with Crippen molar-refractivity contribution in [3.8, 4) is 0 Å². The first kappa shape index (κ1) is 11.9. The van der Waals surface area contributed by atoms with Crippen molar-refractivity contribution < 1.29 is 0 Å². The average Bonchev–Trinajstić information content (AvgIpc) is 2.11. The minimum atomic E-state index is 0.722. The molecule has 0 spiro atoms. The number of likely N-dealkylation sites (N-methyl/N-ethyl adjacent to an activating group) is 2. The minimum absolute atomic E-state index is 0.722. The van der Waals surface area contributed by atoms with Gasteiger partial charge in [-0.25, -0.2) is 0 Å². The van der Waals surface area contributed by atoms with Crippen molar-refractivity contribution in [3.63, 3.8) is 0 Å². The molecule has 1 atom stereocenters. The lowest BCUT2D eigenvalue weighted by molar-refractivity contribution is 0.198. The van der Waals surface area contributed by atoms with E-state index in [4.69, 9.17) is 0 Å². The van der Waals surface area contributed by atoms with Crippen molar-refractivity contribution in [1.29, 1.82) is 0 Å². The summed E-state index contributed by atoms with van der Waals surface area (Å²) < 4.78 is 0. The number of hydrogen-bond donors (Lipinski definition) is 1. The lowest BCUT2D eigenvalue weighted by atomic mass is 10.2. The van der Waals surface area contributed by atoms with Crippen molar-refractivity contribution in [3.05, 3.63) is 0 Å². The number of rotatable bonds is 7. The fourth-order valence-corrected chi connectivity index (χ4v) is 1.65. The van der Waals surface area contributed by atoms with Crippen LogP contribution in [-0.4, -0.2) is 37.6 Å². The van der Waals surface area contributed by atoms with Crippen LogP contribution in [-0.2, 0) is 0 Å². The predicted octanol–water partition coefficient (Wildman–Crippen LogP) is 1.72. The third-order valence-corrected chi connectivity index (χ3v) is 2.34. The molecule has 2 heteroatoms. The van der Waals surface area contributed by atoms with E-state index in [2.05, 4.69) is 31.0 Å². The summed E-state index contributed by atoms with van der Waals surface area (Å²) in [5, 5.41) is 3.25. The second-order valence-electron chi connectivity index (χ2n) is 3.25. The topological polar surface area (TPSA) is 15.3 Å². The average molecular weight is 172 g/mol. The fourth-order valence-electron chi connectivity index (χ4n) is 1.65. The molecule has 0 saturated heterocycles. The van der Waals surface area contributed by atoms with E-state index in [0.717, 1.165) is 12.6 Å². The minimum Gasteiger partial charge on any atom is -0.318 e. The smallest absolute Gasteiger partial charge is 0.0217 e. The van der Waals surface area contributed by atoms with Gasteiger partial charge in [0.05, 0.1) is 0 Å². The molecular weight excluding hydrogens is 148 g/mol. The Morgan fingerprint density at radius 1 is 1.25 bits per heavy atom. The molecule has 0 aromatic rings. The number of hydrogen-bond acceptors (Lipinski definition) is 2. The Hall–Kier alpha value is -0.0800. The lowest BCUT2D eigenvalue weighted by Gasteiger charge is -2.29. The Morgan fingerprint density at radius 3 is 2.25 bits per heavy atom. The summed E-state index contributed by atoms with van der Waals surface area (Å²) in [6, 6.07) is 0.722. The van der Waals surface area contributed by atoms with Crippen molar-refractivity contribution in [2.45, 2.75) is 39.7 Å². The van der Waals surface area contributed by atoms with Gasteiger partial charge < -0.3 is 5.32 Å². The molecule has 0 aliphatic rings. The molecule has 0 saturated carbocycles. The van der Waals surface area contributed by atoms with E-state index in [1.165, 1.54) is 25.9 Å². The van der Waals surface area contributed by atoms with Crippen LogP contribution in [0.3, 0.4) is 0 Å². The maximum absolute atomic E-state index is 3.25. The maximum Gasteiger partial charge on any atom is 0.0217 e. The van der Waals surface area contributed by atoms with Crippen molar-refractivity contribution in [1.82, 2.24) is 10.2 Å². The Bertz CT molecular complexity index is 81.8. The second kappa shape index (κ2) is 7.56. The molecule has 2 nitrogen and oxygen atoms in total. The number of nitrogens with zero attached hydrogens (tertiary/aromatic N) is 1. The first-order valence-electron chi connectivity index (χ1n) is 5.18. The first-order chi connectivity index (χ1) is 5.79. The van der Waals surface area contributed by atoms with Crippen LogP contribution in [0.4, 0.5) is 0 Å². The first-order valence-corrected chi connectivity index (χ1v) is 5.18. The number of nitrogens with one attached hydrogen (secondary N) is 1.